The van der Waals surface area contributed by atoms with Crippen LogP contribution in [0.1, 0.15) is 101 Å². The molecule has 1 aromatic carbocycles. The number of nitrogens with zero attached hydrogens (tertiary/aromatic N) is 9. The Hall–Kier alpha value is -6.69. The summed E-state index contributed by atoms with van der Waals surface area (Å²) in [6.07, 6.45) is 10.8. The van der Waals surface area contributed by atoms with Crippen molar-refractivity contribution in [3.8, 4) is 11.1 Å². The highest BCUT2D eigenvalue weighted by Gasteiger charge is 2.44. The molecule has 3 saturated heterocycles. The standard InChI is InChI=1S/C54H61N11O6/c1-31-26-61(35-12-14-60-28-32-5-7-39-41(40(32)22-37(60)21-35)29-65(51(39)69)44-8-10-48(67)58-50(44)68)15-16-62(31)36-6-9-47(56-25-36)57-43-19-34(27-59(4)52(43)70)38-11-13-55-49(42(38)30-66)64-18-17-63-45(53(64)71)20-33-23-54(2,3)24-46(33)63/h5-7,9,11,13,19-20,25,27,31,35,37,44,66H,8,10,12,14-18,21-24,26,28-30H2,1-4H3,(H,56,57)(H,58,67,68)/t31-,35+,37+,44?/m0/s1. The maximum atomic E-state index is 14.0. The van der Waals surface area contributed by atoms with Crippen LogP contribution in [0.5, 0.6) is 0 Å². The van der Waals surface area contributed by atoms with Crippen molar-refractivity contribution in [3.05, 3.63) is 116 Å². The third kappa shape index (κ3) is 7.83. The van der Waals surface area contributed by atoms with Crippen LogP contribution in [-0.4, -0.2) is 119 Å². The number of benzene rings is 1. The number of anilines is 4. The average molecular weight is 960 g/mol. The molecule has 4 aromatic heterocycles. The van der Waals surface area contributed by atoms with Gasteiger partial charge in [0.25, 0.3) is 17.4 Å². The van der Waals surface area contributed by atoms with Gasteiger partial charge in [0.05, 0.1) is 18.5 Å². The predicted octanol–water partition coefficient (Wildman–Crippen LogP) is 4.53. The largest absolute Gasteiger partial charge is 0.392 e. The number of fused-ring (bicyclic) bond motifs is 7. The summed E-state index contributed by atoms with van der Waals surface area (Å²) in [7, 11) is 1.70. The zero-order valence-electron chi connectivity index (χ0n) is 40.9. The number of hydrogen-bond donors (Lipinski definition) is 3. The van der Waals surface area contributed by atoms with Crippen molar-refractivity contribution in [1.82, 2.24) is 39.1 Å². The van der Waals surface area contributed by atoms with Crippen molar-refractivity contribution in [1.29, 1.82) is 0 Å². The summed E-state index contributed by atoms with van der Waals surface area (Å²) in [6, 6.07) is 14.1. The van der Waals surface area contributed by atoms with Gasteiger partial charge < -0.3 is 29.4 Å². The number of aliphatic hydroxyl groups excluding tert-OH is 1. The molecule has 10 heterocycles. The van der Waals surface area contributed by atoms with Gasteiger partial charge in [-0.2, -0.15) is 0 Å². The number of carbonyl (C=O) groups is 4. The molecule has 7 aliphatic rings. The van der Waals surface area contributed by atoms with Crippen molar-refractivity contribution in [2.24, 2.45) is 12.5 Å². The second-order valence-corrected chi connectivity index (χ2v) is 21.7. The normalized spacial score (nSPS) is 24.1. The van der Waals surface area contributed by atoms with Gasteiger partial charge in [-0.3, -0.25) is 44.0 Å². The minimum atomic E-state index is -0.618. The molecule has 0 bridgehead atoms. The molecule has 6 aliphatic heterocycles. The fourth-order valence-corrected chi connectivity index (χ4v) is 13.1. The van der Waals surface area contributed by atoms with E-state index >= 15 is 0 Å². The first-order valence-electron chi connectivity index (χ1n) is 25.3. The Bertz CT molecular complexity index is 3110. The van der Waals surface area contributed by atoms with Gasteiger partial charge in [0.1, 0.15) is 29.1 Å². The molecule has 3 N–H and O–H groups in total. The molecule has 4 amide bonds. The molecule has 17 heteroatoms. The highest BCUT2D eigenvalue weighted by Crippen LogP contribution is 2.42. The molecule has 12 rings (SSSR count). The summed E-state index contributed by atoms with van der Waals surface area (Å²) in [5, 5.41) is 16.5. The fourth-order valence-electron chi connectivity index (χ4n) is 13.1. The number of hydrogen-bond acceptors (Lipinski definition) is 12. The summed E-state index contributed by atoms with van der Waals surface area (Å²) < 4.78 is 3.68. The number of aryl methyl sites for hydroxylation is 1. The van der Waals surface area contributed by atoms with E-state index in [9.17, 15) is 29.1 Å². The number of amides is 4. The monoisotopic (exact) mass is 959 g/mol. The van der Waals surface area contributed by atoms with E-state index in [0.717, 1.165) is 76.1 Å². The lowest BCUT2D eigenvalue weighted by molar-refractivity contribution is -0.136. The van der Waals surface area contributed by atoms with Crippen LogP contribution in [0.3, 0.4) is 0 Å². The molecule has 1 aliphatic carbocycles. The van der Waals surface area contributed by atoms with Gasteiger partial charge in [0.2, 0.25) is 11.8 Å². The Morgan fingerprint density at radius 2 is 1.69 bits per heavy atom. The lowest BCUT2D eigenvalue weighted by Gasteiger charge is -2.49. The van der Waals surface area contributed by atoms with Crippen molar-refractivity contribution >= 4 is 46.6 Å². The number of aliphatic hydroxyl groups is 1. The van der Waals surface area contributed by atoms with Crippen LogP contribution < -0.4 is 26.0 Å². The molecule has 17 nitrogen and oxygen atoms in total. The second kappa shape index (κ2) is 17.3. The van der Waals surface area contributed by atoms with Gasteiger partial charge in [-0.25, -0.2) is 9.97 Å². The summed E-state index contributed by atoms with van der Waals surface area (Å²) in [5.41, 5.74) is 10.6. The second-order valence-electron chi connectivity index (χ2n) is 21.7. The van der Waals surface area contributed by atoms with Gasteiger partial charge in [0.15, 0.2) is 0 Å². The minimum Gasteiger partial charge on any atom is -0.392 e. The SMILES string of the molecule is C[C@H]1CN([C@@H]2CCN3Cc4ccc5c(c4C[C@H]3C2)CN(C2CCC(=O)NC2=O)C5=O)CCN1c1ccc(Nc2cc(-c3ccnc(N4CCn5c(cc6c5CC(C)(C)C6)C4=O)c3CO)cn(C)c2=O)nc1. The lowest BCUT2D eigenvalue weighted by atomic mass is 9.83. The average Bonchev–Trinajstić information content (AvgIpc) is 3.98. The highest BCUT2D eigenvalue weighted by molar-refractivity contribution is 6.07. The molecular formula is C54H61N11O6. The van der Waals surface area contributed by atoms with Crippen LogP contribution in [0, 0.1) is 5.41 Å². The minimum absolute atomic E-state index is 0.115. The highest BCUT2D eigenvalue weighted by atomic mass is 16.3. The topological polar surface area (TPSA) is 181 Å². The Labute approximate surface area is 412 Å². The van der Waals surface area contributed by atoms with E-state index in [2.05, 4.69) is 67.8 Å². The Kier molecular flexibility index (Phi) is 11.1. The van der Waals surface area contributed by atoms with Crippen LogP contribution in [0.15, 0.2) is 65.8 Å². The number of rotatable bonds is 8. The summed E-state index contributed by atoms with van der Waals surface area (Å²) in [6.45, 7) is 12.6. The number of piperidine rings is 2. The molecule has 368 valence electrons. The van der Waals surface area contributed by atoms with Crippen molar-refractivity contribution in [2.75, 3.05) is 47.8 Å². The van der Waals surface area contributed by atoms with E-state index in [0.29, 0.717) is 83.4 Å². The zero-order chi connectivity index (χ0) is 49.0. The molecule has 0 radical (unpaired) electrons. The fraction of sp³-hybridized carbons (Fsp3) is 0.463. The Morgan fingerprint density at radius 3 is 2.48 bits per heavy atom. The number of aromatic nitrogens is 4. The van der Waals surface area contributed by atoms with Gasteiger partial charge in [0, 0.05) is 119 Å². The smallest absolute Gasteiger partial charge is 0.276 e. The first-order valence-corrected chi connectivity index (χ1v) is 25.3. The molecule has 1 unspecified atom stereocenters. The third-order valence-electron chi connectivity index (χ3n) is 16.6. The first-order chi connectivity index (χ1) is 34.2. The first kappa shape index (κ1) is 45.4. The molecule has 71 heavy (non-hydrogen) atoms. The van der Waals surface area contributed by atoms with E-state index in [1.54, 1.807) is 35.3 Å². The lowest BCUT2D eigenvalue weighted by Crippen LogP contribution is -2.58. The maximum Gasteiger partial charge on any atom is 0.276 e. The number of carbonyl (C=O) groups excluding carboxylic acids is 4. The molecule has 0 saturated carbocycles. The quantitative estimate of drug-likeness (QED) is 0.185. The van der Waals surface area contributed by atoms with Crippen molar-refractivity contribution in [2.45, 2.75) is 116 Å². The molecule has 5 aromatic rings. The molecule has 0 spiro atoms. The summed E-state index contributed by atoms with van der Waals surface area (Å²) in [5.74, 6) is 0.0516. The number of imide groups is 1. The van der Waals surface area contributed by atoms with Crippen LogP contribution >= 0.6 is 0 Å². The van der Waals surface area contributed by atoms with Crippen LogP contribution in [-0.2, 0) is 62.1 Å². The number of pyridine rings is 3. The van der Waals surface area contributed by atoms with Crippen molar-refractivity contribution < 1.29 is 24.3 Å². The van der Waals surface area contributed by atoms with Gasteiger partial charge in [-0.15, -0.1) is 0 Å². The molecule has 3 fully saturated rings. The zero-order valence-corrected chi connectivity index (χ0v) is 40.9. The molecular weight excluding hydrogens is 899 g/mol. The van der Waals surface area contributed by atoms with Gasteiger partial charge in [-0.1, -0.05) is 19.9 Å². The van der Waals surface area contributed by atoms with Gasteiger partial charge >= 0.3 is 0 Å². The Balaban J connectivity index is 0.698. The number of nitrogens with one attached hydrogen (secondary N) is 2. The molecule has 4 atom stereocenters. The van der Waals surface area contributed by atoms with Crippen molar-refractivity contribution in [3.63, 3.8) is 0 Å². The summed E-state index contributed by atoms with van der Waals surface area (Å²) >= 11 is 0. The van der Waals surface area contributed by atoms with E-state index in [1.807, 2.05) is 30.5 Å². The van der Waals surface area contributed by atoms with Crippen LogP contribution in [0.25, 0.3) is 11.1 Å². The predicted molar refractivity (Wildman–Crippen MR) is 267 cm³/mol. The summed E-state index contributed by atoms with van der Waals surface area (Å²) in [4.78, 5) is 86.2. The van der Waals surface area contributed by atoms with E-state index in [1.165, 1.54) is 27.0 Å². The third-order valence-corrected chi connectivity index (χ3v) is 16.6. The van der Waals surface area contributed by atoms with E-state index < -0.39 is 6.04 Å². The van der Waals surface area contributed by atoms with E-state index in [-0.39, 0.29) is 53.7 Å². The van der Waals surface area contributed by atoms with Crippen LogP contribution in [0.4, 0.5) is 23.0 Å². The van der Waals surface area contributed by atoms with Crippen LogP contribution in [0.2, 0.25) is 0 Å². The number of piperazine rings is 1. The van der Waals surface area contributed by atoms with E-state index in [4.69, 9.17) is 4.98 Å². The maximum absolute atomic E-state index is 14.0. The van der Waals surface area contributed by atoms with Gasteiger partial charge in [-0.05, 0) is 115 Å². The Morgan fingerprint density at radius 1 is 0.831 bits per heavy atom.